The van der Waals surface area contributed by atoms with Gasteiger partial charge < -0.3 is 9.73 Å². The molecule has 3 rings (SSSR count). The average Bonchev–Trinajstić information content (AvgIpc) is 3.23. The van der Waals surface area contributed by atoms with E-state index in [9.17, 15) is 18.0 Å². The number of carbonyl (C=O) groups excluding carboxylic acids is 1. The summed E-state index contributed by atoms with van der Waals surface area (Å²) in [5, 5.41) is 4.48. The largest absolute Gasteiger partial charge is 0.458 e. The Balaban J connectivity index is 1.66. The minimum Gasteiger partial charge on any atom is -0.458 e. The Morgan fingerprint density at radius 2 is 1.96 bits per heavy atom. The molecule has 1 amide bonds. The number of rotatable bonds is 4. The zero-order valence-electron chi connectivity index (χ0n) is 12.3. The van der Waals surface area contributed by atoms with Gasteiger partial charge in [0, 0.05) is 5.56 Å². The molecular weight excluding hydrogens is 339 g/mol. The van der Waals surface area contributed by atoms with Crippen molar-refractivity contribution in [1.29, 1.82) is 0 Å². The Kier molecular flexibility index (Phi) is 4.44. The molecule has 0 saturated heterocycles. The fourth-order valence-electron chi connectivity index (χ4n) is 2.13. The highest BCUT2D eigenvalue weighted by Gasteiger charge is 2.30. The van der Waals surface area contributed by atoms with Crippen molar-refractivity contribution >= 4 is 17.2 Å². The summed E-state index contributed by atoms with van der Waals surface area (Å²) < 4.78 is 43.6. The van der Waals surface area contributed by atoms with Crippen LogP contribution in [0, 0.1) is 0 Å². The Morgan fingerprint density at radius 3 is 2.67 bits per heavy atom. The van der Waals surface area contributed by atoms with Crippen LogP contribution in [0.5, 0.6) is 0 Å². The summed E-state index contributed by atoms with van der Waals surface area (Å²) in [7, 11) is 0. The molecule has 2 aromatic heterocycles. The fourth-order valence-corrected chi connectivity index (χ4v) is 2.82. The van der Waals surface area contributed by atoms with Crippen molar-refractivity contribution in [3.8, 4) is 10.6 Å². The predicted octanol–water partition coefficient (Wildman–Crippen LogP) is 4.96. The van der Waals surface area contributed by atoms with Crippen molar-refractivity contribution < 1.29 is 22.4 Å². The lowest BCUT2D eigenvalue weighted by atomic mass is 10.1. The molecule has 0 aliphatic rings. The van der Waals surface area contributed by atoms with Gasteiger partial charge in [-0.1, -0.05) is 12.1 Å². The molecule has 0 aliphatic carbocycles. The van der Waals surface area contributed by atoms with Crippen LogP contribution < -0.4 is 5.32 Å². The molecule has 0 spiro atoms. The Bertz CT molecular complexity index is 838. The van der Waals surface area contributed by atoms with E-state index in [2.05, 4.69) is 5.32 Å². The maximum atomic E-state index is 12.7. The van der Waals surface area contributed by atoms with Gasteiger partial charge in [0.15, 0.2) is 0 Å². The Labute approximate surface area is 139 Å². The van der Waals surface area contributed by atoms with E-state index >= 15 is 0 Å². The lowest BCUT2D eigenvalue weighted by Gasteiger charge is -2.08. The molecule has 1 N–H and O–H groups in total. The summed E-state index contributed by atoms with van der Waals surface area (Å²) in [5.41, 5.74) is -0.900. The summed E-state index contributed by atoms with van der Waals surface area (Å²) in [6.45, 7) is 0.0977. The summed E-state index contributed by atoms with van der Waals surface area (Å²) in [4.78, 5) is 13.0. The molecule has 0 radical (unpaired) electrons. The van der Waals surface area contributed by atoms with Gasteiger partial charge >= 0.3 is 6.18 Å². The Morgan fingerprint density at radius 1 is 1.12 bits per heavy atom. The quantitative estimate of drug-likeness (QED) is 0.722. The van der Waals surface area contributed by atoms with E-state index in [0.717, 1.165) is 17.0 Å². The third-order valence-corrected chi connectivity index (χ3v) is 4.19. The number of alkyl halides is 3. The van der Waals surface area contributed by atoms with E-state index in [1.165, 1.54) is 23.5 Å². The first-order chi connectivity index (χ1) is 11.4. The molecule has 0 bridgehead atoms. The first-order valence-electron chi connectivity index (χ1n) is 7.01. The van der Waals surface area contributed by atoms with Gasteiger partial charge in [-0.3, -0.25) is 4.79 Å². The third kappa shape index (κ3) is 3.68. The van der Waals surface area contributed by atoms with E-state index < -0.39 is 17.6 Å². The molecule has 0 unspecified atom stereocenters. The van der Waals surface area contributed by atoms with Crippen LogP contribution in [0.25, 0.3) is 10.6 Å². The highest BCUT2D eigenvalue weighted by molar-refractivity contribution is 7.13. The first-order valence-corrected chi connectivity index (χ1v) is 7.89. The van der Waals surface area contributed by atoms with Crippen LogP contribution >= 0.6 is 11.3 Å². The van der Waals surface area contributed by atoms with Gasteiger partial charge in [0.1, 0.15) is 11.5 Å². The van der Waals surface area contributed by atoms with E-state index in [4.69, 9.17) is 4.42 Å². The fraction of sp³-hybridized carbons (Fsp3) is 0.118. The van der Waals surface area contributed by atoms with Crippen molar-refractivity contribution in [2.24, 2.45) is 0 Å². The number of hydrogen-bond donors (Lipinski definition) is 1. The summed E-state index contributed by atoms with van der Waals surface area (Å²) in [6, 6.07) is 11.6. The van der Waals surface area contributed by atoms with Crippen LogP contribution in [-0.4, -0.2) is 5.91 Å². The number of benzene rings is 1. The van der Waals surface area contributed by atoms with Crippen LogP contribution in [-0.2, 0) is 12.7 Å². The second-order valence-corrected chi connectivity index (χ2v) is 5.95. The van der Waals surface area contributed by atoms with Gasteiger partial charge in [-0.05, 0) is 41.8 Å². The molecule has 0 atom stereocenters. The van der Waals surface area contributed by atoms with Gasteiger partial charge in [0.05, 0.1) is 17.0 Å². The number of thiophene rings is 1. The number of nitrogens with one attached hydrogen (secondary N) is 1. The molecule has 2 heterocycles. The smallest absolute Gasteiger partial charge is 0.416 e. The first kappa shape index (κ1) is 16.3. The van der Waals surface area contributed by atoms with Crippen LogP contribution in [0.15, 0.2) is 58.3 Å². The maximum absolute atomic E-state index is 12.7. The second-order valence-electron chi connectivity index (χ2n) is 5.00. The van der Waals surface area contributed by atoms with Crippen molar-refractivity contribution in [2.45, 2.75) is 12.7 Å². The van der Waals surface area contributed by atoms with Crippen LogP contribution in [0.3, 0.4) is 0 Å². The average molecular weight is 351 g/mol. The molecule has 3 aromatic rings. The number of hydrogen-bond acceptors (Lipinski definition) is 3. The van der Waals surface area contributed by atoms with Crippen molar-refractivity contribution in [3.63, 3.8) is 0 Å². The molecule has 0 aliphatic heterocycles. The molecule has 124 valence electrons. The molecule has 7 heteroatoms. The zero-order chi connectivity index (χ0) is 17.2. The molecule has 1 aromatic carbocycles. The van der Waals surface area contributed by atoms with Gasteiger partial charge in [0.2, 0.25) is 0 Å². The highest BCUT2D eigenvalue weighted by Crippen LogP contribution is 2.29. The number of furan rings is 1. The Hall–Kier alpha value is -2.54. The molecule has 0 fully saturated rings. The molecule has 3 nitrogen and oxygen atoms in total. The number of amides is 1. The van der Waals surface area contributed by atoms with Crippen LogP contribution in [0.2, 0.25) is 0 Å². The van der Waals surface area contributed by atoms with Gasteiger partial charge in [-0.15, -0.1) is 11.3 Å². The van der Waals surface area contributed by atoms with Gasteiger partial charge in [-0.25, -0.2) is 0 Å². The highest BCUT2D eigenvalue weighted by atomic mass is 32.1. The van der Waals surface area contributed by atoms with E-state index in [0.29, 0.717) is 11.5 Å². The predicted molar refractivity (Wildman–Crippen MR) is 84.6 cm³/mol. The molecule has 0 saturated carbocycles. The van der Waals surface area contributed by atoms with Crippen molar-refractivity contribution in [1.82, 2.24) is 5.32 Å². The van der Waals surface area contributed by atoms with Crippen molar-refractivity contribution in [2.75, 3.05) is 0 Å². The normalized spacial score (nSPS) is 11.5. The van der Waals surface area contributed by atoms with E-state index in [1.54, 1.807) is 12.1 Å². The number of halogens is 3. The summed E-state index contributed by atoms with van der Waals surface area (Å²) in [5.74, 6) is 0.627. The lowest BCUT2D eigenvalue weighted by molar-refractivity contribution is -0.137. The molecule has 24 heavy (non-hydrogen) atoms. The lowest BCUT2D eigenvalue weighted by Crippen LogP contribution is -2.23. The summed E-state index contributed by atoms with van der Waals surface area (Å²) in [6.07, 6.45) is -4.48. The zero-order valence-corrected chi connectivity index (χ0v) is 13.1. The minimum atomic E-state index is -4.48. The van der Waals surface area contributed by atoms with Crippen molar-refractivity contribution in [3.05, 3.63) is 70.8 Å². The van der Waals surface area contributed by atoms with Gasteiger partial charge in [-0.2, -0.15) is 13.2 Å². The number of carbonyl (C=O) groups is 1. The van der Waals surface area contributed by atoms with Crippen LogP contribution in [0.4, 0.5) is 13.2 Å². The standard InChI is InChI=1S/C17H12F3NO2S/c18-17(19,20)12-4-1-3-11(9-12)16(22)21-10-13-6-7-14(23-13)15-5-2-8-24-15/h1-9H,10H2,(H,21,22). The van der Waals surface area contributed by atoms with E-state index in [1.807, 2.05) is 17.5 Å². The SMILES string of the molecule is O=C(NCc1ccc(-c2cccs2)o1)c1cccc(C(F)(F)F)c1. The third-order valence-electron chi connectivity index (χ3n) is 3.30. The minimum absolute atomic E-state index is 0.0464. The molecular formula is C17H12F3NO2S. The summed E-state index contributed by atoms with van der Waals surface area (Å²) >= 11 is 1.53. The monoisotopic (exact) mass is 351 g/mol. The maximum Gasteiger partial charge on any atom is 0.416 e. The van der Waals surface area contributed by atoms with Crippen LogP contribution in [0.1, 0.15) is 21.7 Å². The van der Waals surface area contributed by atoms with E-state index in [-0.39, 0.29) is 12.1 Å². The van der Waals surface area contributed by atoms with Gasteiger partial charge in [0.25, 0.3) is 5.91 Å². The topological polar surface area (TPSA) is 42.2 Å². The second kappa shape index (κ2) is 6.52.